The Hall–Kier alpha value is -1.79. The van der Waals surface area contributed by atoms with Crippen LogP contribution >= 0.6 is 15.9 Å². The van der Waals surface area contributed by atoms with Gasteiger partial charge in [-0.1, -0.05) is 0 Å². The molecule has 0 aliphatic rings. The van der Waals surface area contributed by atoms with Crippen LogP contribution in [0.5, 0.6) is 0 Å². The van der Waals surface area contributed by atoms with Crippen molar-refractivity contribution < 1.29 is 43.9 Å². The van der Waals surface area contributed by atoms with Crippen molar-refractivity contribution in [2.45, 2.75) is 24.2 Å². The molecule has 0 radical (unpaired) electrons. The van der Waals surface area contributed by atoms with E-state index in [2.05, 4.69) is 21.0 Å². The summed E-state index contributed by atoms with van der Waals surface area (Å²) in [5.74, 6) is 0. The molecule has 0 spiro atoms. The van der Waals surface area contributed by atoms with Crippen molar-refractivity contribution in [2.24, 2.45) is 0 Å². The maximum Gasteiger partial charge on any atom is 0.435 e. The van der Waals surface area contributed by atoms with Crippen molar-refractivity contribution >= 4 is 15.9 Å². The van der Waals surface area contributed by atoms with E-state index in [0.717, 1.165) is 12.4 Å². The van der Waals surface area contributed by atoms with E-state index >= 15 is 0 Å². The first-order valence-corrected chi connectivity index (χ1v) is 7.13. The number of nitrogens with zero attached hydrogens (tertiary/aromatic N) is 2. The van der Waals surface area contributed by atoms with Crippen molar-refractivity contribution in [1.82, 2.24) is 9.78 Å². The zero-order valence-electron chi connectivity index (χ0n) is 11.9. The third kappa shape index (κ3) is 3.28. The highest BCUT2D eigenvalue weighted by Crippen LogP contribution is 2.54. The Morgan fingerprint density at radius 1 is 0.846 bits per heavy atom. The van der Waals surface area contributed by atoms with Crippen molar-refractivity contribution in [2.75, 3.05) is 0 Å². The quantitative estimate of drug-likeness (QED) is 0.509. The molecule has 26 heavy (non-hydrogen) atoms. The van der Waals surface area contributed by atoms with E-state index in [1.165, 1.54) is 6.07 Å². The molecule has 0 aliphatic heterocycles. The summed E-state index contributed by atoms with van der Waals surface area (Å²) in [4.78, 5) is 0. The lowest BCUT2D eigenvalue weighted by molar-refractivity contribution is -0.348. The normalized spacial score (nSPS) is 14.0. The fourth-order valence-corrected chi connectivity index (χ4v) is 2.78. The first-order valence-electron chi connectivity index (χ1n) is 6.34. The first-order chi connectivity index (χ1) is 11.6. The van der Waals surface area contributed by atoms with E-state index < -0.39 is 51.6 Å². The van der Waals surface area contributed by atoms with Gasteiger partial charge in [-0.05, 0) is 34.1 Å². The van der Waals surface area contributed by atoms with E-state index in [4.69, 9.17) is 0 Å². The fraction of sp³-hybridized carbons (Fsp3) is 0.308. The Labute approximate surface area is 146 Å². The van der Waals surface area contributed by atoms with Gasteiger partial charge < -0.3 is 0 Å². The molecule has 2 aromatic rings. The molecule has 0 N–H and O–H groups in total. The van der Waals surface area contributed by atoms with Gasteiger partial charge in [0.25, 0.3) is 0 Å². The molecule has 13 heteroatoms. The van der Waals surface area contributed by atoms with Crippen LogP contribution in [0.25, 0.3) is 5.69 Å². The zero-order valence-corrected chi connectivity index (χ0v) is 13.5. The van der Waals surface area contributed by atoms with Gasteiger partial charge in [-0.2, -0.15) is 44.6 Å². The van der Waals surface area contributed by atoms with Gasteiger partial charge in [-0.3, -0.25) is 0 Å². The fourth-order valence-electron chi connectivity index (χ4n) is 2.14. The second-order valence-electron chi connectivity index (χ2n) is 4.96. The molecular formula is C13H5BrF10N2. The summed E-state index contributed by atoms with van der Waals surface area (Å²) in [6.07, 6.45) is -16.5. The lowest BCUT2D eigenvalue weighted by Gasteiger charge is -2.31. The summed E-state index contributed by atoms with van der Waals surface area (Å²) in [6.45, 7) is 0. The third-order valence-electron chi connectivity index (χ3n) is 3.28. The summed E-state index contributed by atoms with van der Waals surface area (Å²) in [5.41, 5.74) is -11.1. The zero-order chi connectivity index (χ0) is 20.1. The Kier molecular flexibility index (Phi) is 4.84. The van der Waals surface area contributed by atoms with E-state index in [1.807, 2.05) is 0 Å². The van der Waals surface area contributed by atoms with Crippen LogP contribution in [0.3, 0.4) is 0 Å². The van der Waals surface area contributed by atoms with Crippen LogP contribution in [-0.2, 0) is 11.8 Å². The standard InChI is InChI=1S/C13H5BrF10N2/c14-8-5-6(10(15,12(19,20)21)13(22,23)24)4-7(11(16,17)18)9(8)26-3-1-2-25-26/h1-5H. The topological polar surface area (TPSA) is 17.8 Å². The number of aromatic nitrogens is 2. The van der Waals surface area contributed by atoms with Crippen LogP contribution in [0.2, 0.25) is 0 Å². The Morgan fingerprint density at radius 2 is 1.38 bits per heavy atom. The monoisotopic (exact) mass is 458 g/mol. The molecule has 0 saturated carbocycles. The summed E-state index contributed by atoms with van der Waals surface area (Å²) in [6, 6.07) is 0.640. The molecule has 0 fully saturated rings. The van der Waals surface area contributed by atoms with Gasteiger partial charge in [0.05, 0.1) is 11.3 Å². The maximum atomic E-state index is 14.1. The number of alkyl halides is 10. The number of hydrogen-bond acceptors (Lipinski definition) is 1. The second-order valence-corrected chi connectivity index (χ2v) is 5.81. The minimum Gasteiger partial charge on any atom is -0.239 e. The van der Waals surface area contributed by atoms with Crippen molar-refractivity contribution in [3.05, 3.63) is 46.2 Å². The van der Waals surface area contributed by atoms with E-state index in [-0.39, 0.29) is 6.07 Å². The highest BCUT2D eigenvalue weighted by molar-refractivity contribution is 9.10. The summed E-state index contributed by atoms with van der Waals surface area (Å²) >= 11 is 2.48. The van der Waals surface area contributed by atoms with Crippen LogP contribution in [0.1, 0.15) is 11.1 Å². The van der Waals surface area contributed by atoms with Crippen LogP contribution in [0, 0.1) is 0 Å². The van der Waals surface area contributed by atoms with Crippen LogP contribution in [-0.4, -0.2) is 22.1 Å². The van der Waals surface area contributed by atoms with Gasteiger partial charge in [0, 0.05) is 22.4 Å². The van der Waals surface area contributed by atoms with Gasteiger partial charge in [-0.15, -0.1) is 0 Å². The number of hydrogen-bond donors (Lipinski definition) is 0. The highest BCUT2D eigenvalue weighted by atomic mass is 79.9. The molecule has 2 nitrogen and oxygen atoms in total. The molecule has 0 atom stereocenters. The lowest BCUT2D eigenvalue weighted by atomic mass is 9.92. The predicted octanol–water partition coefficient (Wildman–Crippen LogP) is 5.94. The smallest absolute Gasteiger partial charge is 0.239 e. The maximum absolute atomic E-state index is 14.1. The predicted molar refractivity (Wildman–Crippen MR) is 71.2 cm³/mol. The SMILES string of the molecule is FC(F)(F)c1cc(C(F)(C(F)(F)F)C(F)(F)F)cc(Br)c1-n1cccn1. The van der Waals surface area contributed by atoms with Crippen molar-refractivity contribution in [1.29, 1.82) is 0 Å². The van der Waals surface area contributed by atoms with E-state index in [9.17, 15) is 43.9 Å². The van der Waals surface area contributed by atoms with Gasteiger partial charge in [0.2, 0.25) is 0 Å². The summed E-state index contributed by atoms with van der Waals surface area (Å²) < 4.78 is 130. The van der Waals surface area contributed by atoms with Gasteiger partial charge in [-0.25, -0.2) is 9.07 Å². The number of halogens is 11. The minimum atomic E-state index is -6.54. The molecule has 0 saturated heterocycles. The second kappa shape index (κ2) is 6.13. The molecule has 2 rings (SSSR count). The highest BCUT2D eigenvalue weighted by Gasteiger charge is 2.73. The van der Waals surface area contributed by atoms with Crippen LogP contribution < -0.4 is 0 Å². The number of benzene rings is 1. The molecule has 1 aromatic carbocycles. The molecule has 1 aromatic heterocycles. The van der Waals surface area contributed by atoms with Gasteiger partial charge in [0.15, 0.2) is 0 Å². The first kappa shape index (κ1) is 20.5. The van der Waals surface area contributed by atoms with Crippen LogP contribution in [0.15, 0.2) is 35.1 Å². The summed E-state index contributed by atoms with van der Waals surface area (Å²) in [7, 11) is 0. The minimum absolute atomic E-state index is 0.00671. The van der Waals surface area contributed by atoms with E-state index in [0.29, 0.717) is 4.68 Å². The lowest BCUT2D eigenvalue weighted by Crippen LogP contribution is -2.50. The Balaban J connectivity index is 2.87. The van der Waals surface area contributed by atoms with Gasteiger partial charge >= 0.3 is 24.2 Å². The molecule has 0 bridgehead atoms. The van der Waals surface area contributed by atoms with Crippen LogP contribution in [0.4, 0.5) is 43.9 Å². The van der Waals surface area contributed by atoms with Crippen molar-refractivity contribution in [3.8, 4) is 5.69 Å². The average Bonchev–Trinajstić information content (AvgIpc) is 2.95. The average molecular weight is 459 g/mol. The molecule has 0 aliphatic carbocycles. The van der Waals surface area contributed by atoms with E-state index in [1.54, 1.807) is 0 Å². The largest absolute Gasteiger partial charge is 0.435 e. The molecule has 1 heterocycles. The third-order valence-corrected chi connectivity index (χ3v) is 3.89. The summed E-state index contributed by atoms with van der Waals surface area (Å²) in [5, 5.41) is 3.46. The van der Waals surface area contributed by atoms with Crippen molar-refractivity contribution in [3.63, 3.8) is 0 Å². The molecule has 144 valence electrons. The molecular weight excluding hydrogens is 454 g/mol. The Morgan fingerprint density at radius 3 is 1.77 bits per heavy atom. The van der Waals surface area contributed by atoms with Gasteiger partial charge in [0.1, 0.15) is 0 Å². The molecule has 0 amide bonds. The Bertz CT molecular complexity index is 775. The number of rotatable bonds is 2. The molecule has 0 unspecified atom stereocenters.